The Morgan fingerprint density at radius 2 is 1.78 bits per heavy atom. The normalized spacial score (nSPS) is 10.6. The molecule has 0 aliphatic heterocycles. The Labute approximate surface area is 200 Å². The molecule has 0 heterocycles. The molecule has 0 aromatic heterocycles. The van der Waals surface area contributed by atoms with Crippen LogP contribution in [0.15, 0.2) is 65.1 Å². The van der Waals surface area contributed by atoms with E-state index in [1.54, 1.807) is 18.2 Å². The molecule has 0 bridgehead atoms. The molecule has 3 N–H and O–H groups in total. The summed E-state index contributed by atoms with van der Waals surface area (Å²) in [5.74, 6) is 0.0589. The lowest BCUT2D eigenvalue weighted by Crippen LogP contribution is -2.48. The fourth-order valence-corrected chi connectivity index (χ4v) is 3.56. The van der Waals surface area contributed by atoms with Gasteiger partial charge < -0.3 is 4.74 Å². The highest BCUT2D eigenvalue weighted by Gasteiger charge is 2.16. The number of carbonyl (C=O) groups excluding carboxylic acids is 2. The maximum absolute atomic E-state index is 12.7. The second-order valence-corrected chi connectivity index (χ2v) is 8.94. The quantitative estimate of drug-likeness (QED) is 0.333. The summed E-state index contributed by atoms with van der Waals surface area (Å²) in [6.45, 7) is 4.53. The summed E-state index contributed by atoms with van der Waals surface area (Å²) in [5, 5.41) is 4.63. The van der Waals surface area contributed by atoms with Crippen molar-refractivity contribution in [3.05, 3.63) is 76.3 Å². The number of rotatable bonds is 6. The van der Waals surface area contributed by atoms with Crippen LogP contribution in [-0.2, 0) is 11.2 Å². The predicted octanol–water partition coefficient (Wildman–Crippen LogP) is 4.52. The van der Waals surface area contributed by atoms with Crippen molar-refractivity contribution in [1.29, 1.82) is 0 Å². The van der Waals surface area contributed by atoms with Crippen LogP contribution in [0.4, 0.5) is 0 Å². The SMILES string of the molecule is CC(C)COc1ccc(Br)cc1C(=O)NC(=S)NNC(=O)Cc1cccc2ccccc12. The first-order chi connectivity index (χ1) is 15.3. The van der Waals surface area contributed by atoms with Gasteiger partial charge in [0.05, 0.1) is 18.6 Å². The van der Waals surface area contributed by atoms with Crippen LogP contribution in [0.1, 0.15) is 29.8 Å². The number of hydrazine groups is 1. The average molecular weight is 514 g/mol. The summed E-state index contributed by atoms with van der Waals surface area (Å²) in [5.41, 5.74) is 6.36. The molecule has 3 aromatic carbocycles. The summed E-state index contributed by atoms with van der Waals surface area (Å²) in [6.07, 6.45) is 0.170. The Bertz CT molecular complexity index is 1150. The lowest BCUT2D eigenvalue weighted by molar-refractivity contribution is -0.121. The molecule has 8 heteroatoms. The Hall–Kier alpha value is -2.97. The summed E-state index contributed by atoms with van der Waals surface area (Å²) >= 11 is 8.53. The molecule has 0 aliphatic rings. The van der Waals surface area contributed by atoms with Crippen molar-refractivity contribution in [2.45, 2.75) is 20.3 Å². The number of amides is 2. The van der Waals surface area contributed by atoms with Crippen LogP contribution in [0.2, 0.25) is 0 Å². The van der Waals surface area contributed by atoms with Crippen molar-refractivity contribution < 1.29 is 14.3 Å². The number of carbonyl (C=O) groups is 2. The highest BCUT2D eigenvalue weighted by Crippen LogP contribution is 2.24. The zero-order valence-electron chi connectivity index (χ0n) is 17.8. The third-order valence-corrected chi connectivity index (χ3v) is 5.23. The van der Waals surface area contributed by atoms with Crippen LogP contribution in [0.5, 0.6) is 5.75 Å². The van der Waals surface area contributed by atoms with E-state index in [1.807, 2.05) is 56.3 Å². The number of halogens is 1. The second kappa shape index (κ2) is 11.1. The zero-order chi connectivity index (χ0) is 23.1. The number of hydrogen-bond acceptors (Lipinski definition) is 4. The van der Waals surface area contributed by atoms with E-state index in [1.165, 1.54) is 0 Å². The fraction of sp³-hybridized carbons (Fsp3) is 0.208. The minimum Gasteiger partial charge on any atom is -0.492 e. The topological polar surface area (TPSA) is 79.5 Å². The first-order valence-electron chi connectivity index (χ1n) is 10.1. The number of thiocarbonyl (C=S) groups is 1. The van der Waals surface area contributed by atoms with Gasteiger partial charge in [0.1, 0.15) is 5.75 Å². The molecule has 0 atom stereocenters. The van der Waals surface area contributed by atoms with Gasteiger partial charge in [-0.1, -0.05) is 72.2 Å². The molecule has 0 saturated carbocycles. The third kappa shape index (κ3) is 6.51. The molecule has 6 nitrogen and oxygen atoms in total. The van der Waals surface area contributed by atoms with E-state index in [2.05, 4.69) is 32.1 Å². The van der Waals surface area contributed by atoms with Crippen LogP contribution in [-0.4, -0.2) is 23.5 Å². The van der Waals surface area contributed by atoms with Gasteiger partial charge in [0.15, 0.2) is 5.11 Å². The third-order valence-electron chi connectivity index (χ3n) is 4.53. The summed E-state index contributed by atoms with van der Waals surface area (Å²) in [7, 11) is 0. The van der Waals surface area contributed by atoms with Crippen LogP contribution in [0, 0.1) is 5.92 Å². The van der Waals surface area contributed by atoms with Gasteiger partial charge in [-0.15, -0.1) is 0 Å². The Morgan fingerprint density at radius 1 is 1.03 bits per heavy atom. The molecule has 3 rings (SSSR count). The molecule has 0 spiro atoms. The molecule has 0 aliphatic carbocycles. The molecule has 0 fully saturated rings. The van der Waals surface area contributed by atoms with Gasteiger partial charge in [-0.2, -0.15) is 0 Å². The number of ether oxygens (including phenoxy) is 1. The average Bonchev–Trinajstić information content (AvgIpc) is 2.77. The number of nitrogens with one attached hydrogen (secondary N) is 3. The van der Waals surface area contributed by atoms with Crippen LogP contribution in [0.25, 0.3) is 10.8 Å². The Balaban J connectivity index is 1.57. The van der Waals surface area contributed by atoms with E-state index >= 15 is 0 Å². The molecule has 0 saturated heterocycles. The standard InChI is InChI=1S/C24H24BrN3O3S/c1-15(2)14-31-21-11-10-18(25)13-20(21)23(30)26-24(32)28-27-22(29)12-17-8-5-7-16-6-3-4-9-19(16)17/h3-11,13,15H,12,14H2,1-2H3,(H,27,29)(H2,26,28,30,32). The van der Waals surface area contributed by atoms with Crippen molar-refractivity contribution in [3.8, 4) is 5.75 Å². The monoisotopic (exact) mass is 513 g/mol. The number of fused-ring (bicyclic) bond motifs is 1. The van der Waals surface area contributed by atoms with Gasteiger partial charge in [0.2, 0.25) is 5.91 Å². The Morgan fingerprint density at radius 3 is 2.56 bits per heavy atom. The van der Waals surface area contributed by atoms with Gasteiger partial charge >= 0.3 is 0 Å². The molecule has 3 aromatic rings. The fourth-order valence-electron chi connectivity index (χ4n) is 3.05. The van der Waals surface area contributed by atoms with E-state index in [0.717, 1.165) is 20.8 Å². The molecule has 32 heavy (non-hydrogen) atoms. The summed E-state index contributed by atoms with van der Waals surface area (Å²) in [6, 6.07) is 18.9. The van der Waals surface area contributed by atoms with Crippen molar-refractivity contribution >= 4 is 55.8 Å². The zero-order valence-corrected chi connectivity index (χ0v) is 20.2. The lowest BCUT2D eigenvalue weighted by Gasteiger charge is -2.15. The van der Waals surface area contributed by atoms with Crippen LogP contribution >= 0.6 is 28.1 Å². The van der Waals surface area contributed by atoms with Gasteiger partial charge in [-0.3, -0.25) is 25.8 Å². The van der Waals surface area contributed by atoms with Crippen molar-refractivity contribution in [1.82, 2.24) is 16.2 Å². The minimum atomic E-state index is -0.439. The van der Waals surface area contributed by atoms with Crippen molar-refractivity contribution in [3.63, 3.8) is 0 Å². The largest absolute Gasteiger partial charge is 0.492 e. The Kier molecular flexibility index (Phi) is 8.19. The molecule has 0 unspecified atom stereocenters. The first-order valence-corrected chi connectivity index (χ1v) is 11.3. The highest BCUT2D eigenvalue weighted by atomic mass is 79.9. The maximum atomic E-state index is 12.7. The van der Waals surface area contributed by atoms with E-state index in [-0.39, 0.29) is 17.4 Å². The van der Waals surface area contributed by atoms with Gasteiger partial charge in [-0.05, 0) is 52.7 Å². The van der Waals surface area contributed by atoms with Crippen molar-refractivity contribution in [2.24, 2.45) is 5.92 Å². The van der Waals surface area contributed by atoms with E-state index in [9.17, 15) is 9.59 Å². The predicted molar refractivity (Wildman–Crippen MR) is 133 cm³/mol. The molecular formula is C24H24BrN3O3S. The maximum Gasteiger partial charge on any atom is 0.261 e. The van der Waals surface area contributed by atoms with E-state index < -0.39 is 5.91 Å². The van der Waals surface area contributed by atoms with Gasteiger partial charge in [0.25, 0.3) is 5.91 Å². The van der Waals surface area contributed by atoms with Gasteiger partial charge in [-0.25, -0.2) is 0 Å². The number of benzene rings is 3. The summed E-state index contributed by atoms with van der Waals surface area (Å²) < 4.78 is 6.48. The summed E-state index contributed by atoms with van der Waals surface area (Å²) in [4.78, 5) is 25.1. The van der Waals surface area contributed by atoms with Crippen LogP contribution < -0.4 is 20.9 Å². The minimum absolute atomic E-state index is 0.0175. The first kappa shape index (κ1) is 23.7. The van der Waals surface area contributed by atoms with Gasteiger partial charge in [0, 0.05) is 4.47 Å². The molecule has 2 amide bonds. The van der Waals surface area contributed by atoms with E-state index in [4.69, 9.17) is 17.0 Å². The van der Waals surface area contributed by atoms with E-state index in [0.29, 0.717) is 23.8 Å². The lowest BCUT2D eigenvalue weighted by atomic mass is 10.0. The second-order valence-electron chi connectivity index (χ2n) is 7.62. The number of hydrogen-bond donors (Lipinski definition) is 3. The molecule has 166 valence electrons. The molecule has 0 radical (unpaired) electrons. The molecular weight excluding hydrogens is 490 g/mol. The van der Waals surface area contributed by atoms with Crippen molar-refractivity contribution in [2.75, 3.05) is 6.61 Å². The van der Waals surface area contributed by atoms with Crippen LogP contribution in [0.3, 0.4) is 0 Å². The smallest absolute Gasteiger partial charge is 0.261 e. The highest BCUT2D eigenvalue weighted by molar-refractivity contribution is 9.10.